The molecule has 1 heteroatoms. The average Bonchev–Trinajstić information content (AvgIpc) is 2.61. The van der Waals surface area contributed by atoms with E-state index >= 15 is 0 Å². The Balaban J connectivity index is 1.81. The van der Waals surface area contributed by atoms with Gasteiger partial charge in [-0.1, -0.05) is 73.5 Å². The van der Waals surface area contributed by atoms with Gasteiger partial charge in [0.2, 0.25) is 0 Å². The lowest BCUT2D eigenvalue weighted by molar-refractivity contribution is 0.115. The summed E-state index contributed by atoms with van der Waals surface area (Å²) in [5, 5.41) is 0. The predicted octanol–water partition coefficient (Wildman–Crippen LogP) is 5.40. The van der Waals surface area contributed by atoms with Gasteiger partial charge in [0, 0.05) is 18.6 Å². The van der Waals surface area contributed by atoms with Crippen LogP contribution in [-0.2, 0) is 6.54 Å². The van der Waals surface area contributed by atoms with Gasteiger partial charge in [-0.05, 0) is 37.3 Å². The van der Waals surface area contributed by atoms with Crippen LogP contribution in [0.2, 0.25) is 0 Å². The standard InChI is InChI=1S/C21H26N/c1-18(20-13-7-3-8-14-20)22(21-15-9-4-10-16-21)17-19-11-5-2-6-12-19/h2-3,5-9,11-14,18,21H,4,10,15-17H2,1H3/t18-,21-/m0/s1. The zero-order chi connectivity index (χ0) is 15.2. The summed E-state index contributed by atoms with van der Waals surface area (Å²) >= 11 is 0. The summed E-state index contributed by atoms with van der Waals surface area (Å²) in [4.78, 5) is 2.69. The van der Waals surface area contributed by atoms with Crippen LogP contribution in [0.5, 0.6) is 0 Å². The number of hydrogen-bond donors (Lipinski definition) is 0. The summed E-state index contributed by atoms with van der Waals surface area (Å²) in [6.45, 7) is 3.39. The monoisotopic (exact) mass is 292 g/mol. The van der Waals surface area contributed by atoms with Gasteiger partial charge >= 0.3 is 0 Å². The number of rotatable bonds is 5. The van der Waals surface area contributed by atoms with E-state index in [0.29, 0.717) is 12.1 Å². The molecule has 3 rings (SSSR count). The maximum Gasteiger partial charge on any atom is 0.0326 e. The van der Waals surface area contributed by atoms with Crippen LogP contribution in [0, 0.1) is 6.42 Å². The lowest BCUT2D eigenvalue weighted by Crippen LogP contribution is -2.38. The fourth-order valence-electron chi connectivity index (χ4n) is 3.53. The lowest BCUT2D eigenvalue weighted by atomic mass is 9.91. The quantitative estimate of drug-likeness (QED) is 0.713. The highest BCUT2D eigenvalue weighted by Crippen LogP contribution is 2.31. The van der Waals surface area contributed by atoms with Crippen LogP contribution in [-0.4, -0.2) is 10.9 Å². The van der Waals surface area contributed by atoms with Crippen molar-refractivity contribution in [2.45, 2.75) is 51.2 Å². The summed E-state index contributed by atoms with van der Waals surface area (Å²) in [6.07, 6.45) is 7.64. The van der Waals surface area contributed by atoms with Crippen molar-refractivity contribution in [2.24, 2.45) is 0 Å². The summed E-state index contributed by atoms with van der Waals surface area (Å²) in [5.41, 5.74) is 2.83. The SMILES string of the molecule is C[C@@H](c1ccccc1)N(Cc1ccccc1)[C@H]1C[CH]CCC1. The average molecular weight is 292 g/mol. The molecule has 22 heavy (non-hydrogen) atoms. The highest BCUT2D eigenvalue weighted by molar-refractivity contribution is 5.20. The molecule has 1 radical (unpaired) electrons. The Morgan fingerprint density at radius 3 is 2.32 bits per heavy atom. The van der Waals surface area contributed by atoms with Crippen molar-refractivity contribution < 1.29 is 0 Å². The fraction of sp³-hybridized carbons (Fsp3) is 0.381. The molecule has 0 amide bonds. The van der Waals surface area contributed by atoms with Crippen LogP contribution in [0.25, 0.3) is 0 Å². The number of hydrogen-bond acceptors (Lipinski definition) is 1. The highest BCUT2D eigenvalue weighted by Gasteiger charge is 2.26. The molecule has 1 saturated carbocycles. The molecular formula is C21H26N. The van der Waals surface area contributed by atoms with Crippen molar-refractivity contribution in [2.75, 3.05) is 0 Å². The Kier molecular flexibility index (Phi) is 5.29. The molecule has 0 unspecified atom stereocenters. The Morgan fingerprint density at radius 2 is 1.68 bits per heavy atom. The van der Waals surface area contributed by atoms with Gasteiger partial charge < -0.3 is 0 Å². The van der Waals surface area contributed by atoms with Crippen molar-refractivity contribution in [3.8, 4) is 0 Å². The Hall–Kier alpha value is -1.60. The predicted molar refractivity (Wildman–Crippen MR) is 93.4 cm³/mol. The second kappa shape index (κ2) is 7.60. The third-order valence-electron chi connectivity index (χ3n) is 4.84. The van der Waals surface area contributed by atoms with Crippen molar-refractivity contribution in [1.82, 2.24) is 4.90 Å². The minimum atomic E-state index is 0.456. The molecule has 1 nitrogen and oxygen atoms in total. The normalized spacial score (nSPS) is 17.5. The molecular weight excluding hydrogens is 266 g/mol. The van der Waals surface area contributed by atoms with Crippen molar-refractivity contribution in [3.05, 3.63) is 78.2 Å². The van der Waals surface area contributed by atoms with Gasteiger partial charge in [0.15, 0.2) is 0 Å². The van der Waals surface area contributed by atoms with Crippen molar-refractivity contribution in [1.29, 1.82) is 0 Å². The molecule has 0 spiro atoms. The van der Waals surface area contributed by atoms with Crippen LogP contribution < -0.4 is 0 Å². The van der Waals surface area contributed by atoms with E-state index in [1.165, 1.54) is 36.8 Å². The maximum atomic E-state index is 2.69. The summed E-state index contributed by atoms with van der Waals surface area (Å²) in [6, 6.07) is 22.9. The molecule has 2 aromatic carbocycles. The van der Waals surface area contributed by atoms with Gasteiger partial charge in [0.1, 0.15) is 0 Å². The van der Waals surface area contributed by atoms with E-state index in [0.717, 1.165) is 6.54 Å². The first kappa shape index (κ1) is 15.3. The van der Waals surface area contributed by atoms with E-state index in [1.54, 1.807) is 0 Å². The number of nitrogens with zero attached hydrogens (tertiary/aromatic N) is 1. The Labute approximate surface area is 135 Å². The van der Waals surface area contributed by atoms with Crippen LogP contribution in [0.4, 0.5) is 0 Å². The molecule has 0 aromatic heterocycles. The Bertz CT molecular complexity index is 543. The molecule has 0 aliphatic heterocycles. The second-order valence-electron chi connectivity index (χ2n) is 6.35. The molecule has 0 bridgehead atoms. The topological polar surface area (TPSA) is 3.24 Å². The van der Waals surface area contributed by atoms with E-state index in [9.17, 15) is 0 Å². The molecule has 0 N–H and O–H groups in total. The molecule has 1 fully saturated rings. The molecule has 0 saturated heterocycles. The third kappa shape index (κ3) is 3.78. The summed E-state index contributed by atoms with van der Waals surface area (Å²) in [7, 11) is 0. The first-order valence-corrected chi connectivity index (χ1v) is 8.51. The first-order valence-electron chi connectivity index (χ1n) is 8.51. The van der Waals surface area contributed by atoms with Gasteiger partial charge in [-0.15, -0.1) is 0 Å². The second-order valence-corrected chi connectivity index (χ2v) is 6.35. The highest BCUT2D eigenvalue weighted by atomic mass is 15.2. The molecule has 0 heterocycles. The van der Waals surface area contributed by atoms with Crippen LogP contribution in [0.3, 0.4) is 0 Å². The zero-order valence-corrected chi connectivity index (χ0v) is 13.5. The maximum absolute atomic E-state index is 2.69. The minimum Gasteiger partial charge on any atom is -0.289 e. The Morgan fingerprint density at radius 1 is 1.00 bits per heavy atom. The van der Waals surface area contributed by atoms with E-state index in [2.05, 4.69) is 78.9 Å². The van der Waals surface area contributed by atoms with E-state index in [4.69, 9.17) is 0 Å². The summed E-state index contributed by atoms with van der Waals surface area (Å²) < 4.78 is 0. The van der Waals surface area contributed by atoms with E-state index < -0.39 is 0 Å². The van der Waals surface area contributed by atoms with E-state index in [-0.39, 0.29) is 0 Å². The molecule has 2 aromatic rings. The van der Waals surface area contributed by atoms with Crippen LogP contribution in [0.1, 0.15) is 49.8 Å². The van der Waals surface area contributed by atoms with Crippen molar-refractivity contribution in [3.63, 3.8) is 0 Å². The van der Waals surface area contributed by atoms with Gasteiger partial charge in [-0.3, -0.25) is 4.90 Å². The van der Waals surface area contributed by atoms with Crippen molar-refractivity contribution >= 4 is 0 Å². The third-order valence-corrected chi connectivity index (χ3v) is 4.84. The smallest absolute Gasteiger partial charge is 0.0326 e. The van der Waals surface area contributed by atoms with Gasteiger partial charge in [-0.25, -0.2) is 0 Å². The zero-order valence-electron chi connectivity index (χ0n) is 13.5. The molecule has 1 aliphatic carbocycles. The minimum absolute atomic E-state index is 0.456. The molecule has 115 valence electrons. The van der Waals surface area contributed by atoms with Gasteiger partial charge in [0.05, 0.1) is 0 Å². The fourth-order valence-corrected chi connectivity index (χ4v) is 3.53. The first-order chi connectivity index (χ1) is 10.8. The lowest BCUT2D eigenvalue weighted by Gasteiger charge is -2.39. The van der Waals surface area contributed by atoms with Gasteiger partial charge in [-0.2, -0.15) is 0 Å². The molecule has 2 atom stereocenters. The molecule has 1 aliphatic rings. The summed E-state index contributed by atoms with van der Waals surface area (Å²) in [5.74, 6) is 0. The van der Waals surface area contributed by atoms with Crippen LogP contribution in [0.15, 0.2) is 60.7 Å². The van der Waals surface area contributed by atoms with Gasteiger partial charge in [0.25, 0.3) is 0 Å². The number of benzene rings is 2. The van der Waals surface area contributed by atoms with E-state index in [1.807, 2.05) is 0 Å². The van der Waals surface area contributed by atoms with Crippen LogP contribution >= 0.6 is 0 Å². The largest absolute Gasteiger partial charge is 0.289 e.